The third-order valence-corrected chi connectivity index (χ3v) is 5.40. The Balaban J connectivity index is 1.82. The Hall–Kier alpha value is -2.90. The van der Waals surface area contributed by atoms with E-state index in [9.17, 15) is 9.59 Å². The molecule has 7 heteroatoms. The maximum atomic E-state index is 12.4. The molecule has 2 aromatic heterocycles. The van der Waals surface area contributed by atoms with E-state index in [4.69, 9.17) is 5.73 Å². The third-order valence-electron chi connectivity index (χ3n) is 5.40. The molecule has 1 aromatic carbocycles. The zero-order valence-corrected chi connectivity index (χ0v) is 19.1. The van der Waals surface area contributed by atoms with Gasteiger partial charge in [-0.05, 0) is 62.0 Å². The number of amides is 1. The lowest BCUT2D eigenvalue weighted by Crippen LogP contribution is -2.39. The summed E-state index contributed by atoms with van der Waals surface area (Å²) in [5, 5.41) is 1.05. The second-order valence-electron chi connectivity index (χ2n) is 9.29. The van der Waals surface area contributed by atoms with Gasteiger partial charge in [0.25, 0.3) is 11.5 Å². The van der Waals surface area contributed by atoms with Crippen LogP contribution in [0.4, 0.5) is 0 Å². The first-order valence-corrected chi connectivity index (χ1v) is 10.6. The maximum absolute atomic E-state index is 12.4. The molecule has 31 heavy (non-hydrogen) atoms. The zero-order valence-electron chi connectivity index (χ0n) is 19.1. The van der Waals surface area contributed by atoms with Crippen molar-refractivity contribution in [2.45, 2.75) is 27.3 Å². The van der Waals surface area contributed by atoms with Gasteiger partial charge in [0.05, 0.1) is 11.3 Å². The minimum atomic E-state index is -0.654. The number of carbonyl (C=O) groups is 1. The predicted octanol–water partition coefficient (Wildman–Crippen LogP) is 3.03. The molecule has 0 aliphatic carbocycles. The van der Waals surface area contributed by atoms with Crippen LogP contribution in [0.1, 0.15) is 36.8 Å². The molecule has 0 aliphatic heterocycles. The molecule has 0 bridgehead atoms. The van der Waals surface area contributed by atoms with E-state index in [0.29, 0.717) is 11.3 Å². The predicted molar refractivity (Wildman–Crippen MR) is 126 cm³/mol. The fourth-order valence-electron chi connectivity index (χ4n) is 4.30. The monoisotopic (exact) mass is 423 g/mol. The van der Waals surface area contributed by atoms with Gasteiger partial charge in [-0.1, -0.05) is 26.8 Å². The molecular formula is C24H33N5O2. The van der Waals surface area contributed by atoms with Crippen molar-refractivity contribution in [2.24, 2.45) is 11.1 Å². The number of hydrogen-bond acceptors (Lipinski definition) is 4. The van der Waals surface area contributed by atoms with Crippen LogP contribution in [0.25, 0.3) is 22.2 Å². The van der Waals surface area contributed by atoms with E-state index in [1.165, 1.54) is 11.6 Å². The number of nitrogens with two attached hydrogens (primary N) is 1. The van der Waals surface area contributed by atoms with E-state index in [2.05, 4.69) is 72.8 Å². The quantitative estimate of drug-likeness (QED) is 0.493. The highest BCUT2D eigenvalue weighted by Crippen LogP contribution is 2.25. The number of aromatic amines is 2. The van der Waals surface area contributed by atoms with Crippen LogP contribution in [0.3, 0.4) is 0 Å². The number of nitrogens with one attached hydrogen (secondary N) is 2. The van der Waals surface area contributed by atoms with Crippen LogP contribution in [0.2, 0.25) is 0 Å². The first-order valence-electron chi connectivity index (χ1n) is 10.6. The second-order valence-corrected chi connectivity index (χ2v) is 9.29. The van der Waals surface area contributed by atoms with Crippen molar-refractivity contribution in [3.8, 4) is 11.3 Å². The van der Waals surface area contributed by atoms with Crippen LogP contribution >= 0.6 is 0 Å². The van der Waals surface area contributed by atoms with Gasteiger partial charge < -0.3 is 20.6 Å². The number of rotatable bonds is 9. The molecule has 0 aliphatic rings. The van der Waals surface area contributed by atoms with E-state index >= 15 is 0 Å². The highest BCUT2D eigenvalue weighted by molar-refractivity contribution is 5.91. The highest BCUT2D eigenvalue weighted by Gasteiger charge is 2.22. The number of primary amides is 1. The van der Waals surface area contributed by atoms with E-state index < -0.39 is 5.91 Å². The fourth-order valence-corrected chi connectivity index (χ4v) is 4.30. The summed E-state index contributed by atoms with van der Waals surface area (Å²) in [6.07, 6.45) is 0. The Labute approximate surface area is 183 Å². The maximum Gasteiger partial charge on any atom is 0.265 e. The molecule has 4 N–H and O–H groups in total. The zero-order chi connectivity index (χ0) is 22.8. The first-order chi connectivity index (χ1) is 14.6. The standard InChI is InChI=1S/C24H33N5O2/c1-6-29(15-24(2,3)14-28(4)5)13-16-7-9-19-17(11-16)12-21(26-19)18-8-10-20(22(25)30)27-23(18)31/h7-12,26H,6,13-15H2,1-5H3,(H2,25,30)(H,27,31). The van der Waals surface area contributed by atoms with Crippen molar-refractivity contribution in [3.63, 3.8) is 0 Å². The van der Waals surface area contributed by atoms with Gasteiger partial charge in [0, 0.05) is 30.5 Å². The summed E-state index contributed by atoms with van der Waals surface area (Å²) >= 11 is 0. The van der Waals surface area contributed by atoms with Crippen LogP contribution < -0.4 is 11.3 Å². The number of H-pyrrole nitrogens is 2. The van der Waals surface area contributed by atoms with E-state index in [1.54, 1.807) is 6.07 Å². The van der Waals surface area contributed by atoms with Crippen molar-refractivity contribution in [1.29, 1.82) is 0 Å². The van der Waals surface area contributed by atoms with Gasteiger partial charge in [-0.3, -0.25) is 14.5 Å². The Bertz CT molecular complexity index is 1130. The average Bonchev–Trinajstić information content (AvgIpc) is 3.08. The summed E-state index contributed by atoms with van der Waals surface area (Å²) in [6, 6.07) is 11.5. The van der Waals surface area contributed by atoms with Gasteiger partial charge in [0.1, 0.15) is 5.69 Å². The highest BCUT2D eigenvalue weighted by atomic mass is 16.1. The average molecular weight is 424 g/mol. The topological polar surface area (TPSA) is 98.2 Å². The van der Waals surface area contributed by atoms with Crippen LogP contribution in [-0.2, 0) is 6.54 Å². The van der Waals surface area contributed by atoms with Crippen molar-refractivity contribution in [1.82, 2.24) is 19.8 Å². The molecule has 0 atom stereocenters. The SMILES string of the molecule is CCN(Cc1ccc2[nH]c(-c3ccc(C(N)=O)[nH]c3=O)cc2c1)CC(C)(C)CN(C)C. The Morgan fingerprint density at radius 3 is 2.42 bits per heavy atom. The Morgan fingerprint density at radius 1 is 1.06 bits per heavy atom. The minimum Gasteiger partial charge on any atom is -0.364 e. The molecule has 166 valence electrons. The molecule has 0 saturated carbocycles. The molecule has 2 heterocycles. The van der Waals surface area contributed by atoms with E-state index in [0.717, 1.165) is 37.1 Å². The first kappa shape index (κ1) is 22.8. The summed E-state index contributed by atoms with van der Waals surface area (Å²) in [5.41, 5.74) is 8.58. The molecule has 0 radical (unpaired) electrons. The second kappa shape index (κ2) is 9.08. The van der Waals surface area contributed by atoms with E-state index in [1.807, 2.05) is 6.07 Å². The number of fused-ring (bicyclic) bond motifs is 1. The third kappa shape index (κ3) is 5.62. The Kier molecular flexibility index (Phi) is 6.67. The summed E-state index contributed by atoms with van der Waals surface area (Å²) in [7, 11) is 4.23. The number of carbonyl (C=O) groups excluding carboxylic acids is 1. The van der Waals surface area contributed by atoms with Gasteiger partial charge >= 0.3 is 0 Å². The van der Waals surface area contributed by atoms with Gasteiger partial charge in [-0.15, -0.1) is 0 Å². The number of nitrogens with zero attached hydrogens (tertiary/aromatic N) is 2. The summed E-state index contributed by atoms with van der Waals surface area (Å²) in [6.45, 7) is 10.7. The summed E-state index contributed by atoms with van der Waals surface area (Å²) in [5.74, 6) is -0.654. The van der Waals surface area contributed by atoms with Gasteiger partial charge in [-0.25, -0.2) is 0 Å². The van der Waals surface area contributed by atoms with Crippen LogP contribution in [-0.4, -0.2) is 59.4 Å². The smallest absolute Gasteiger partial charge is 0.265 e. The van der Waals surface area contributed by atoms with Crippen molar-refractivity contribution >= 4 is 16.8 Å². The molecule has 1 amide bonds. The number of benzene rings is 1. The number of aromatic nitrogens is 2. The normalized spacial score (nSPS) is 12.2. The summed E-state index contributed by atoms with van der Waals surface area (Å²) < 4.78 is 0. The van der Waals surface area contributed by atoms with Gasteiger partial charge in [0.2, 0.25) is 0 Å². The fraction of sp³-hybridized carbons (Fsp3) is 0.417. The van der Waals surface area contributed by atoms with Crippen molar-refractivity contribution in [3.05, 3.63) is 58.0 Å². The van der Waals surface area contributed by atoms with Crippen molar-refractivity contribution in [2.75, 3.05) is 33.7 Å². The van der Waals surface area contributed by atoms with Crippen LogP contribution in [0.15, 0.2) is 41.2 Å². The lowest BCUT2D eigenvalue weighted by atomic mass is 9.92. The lowest BCUT2D eigenvalue weighted by molar-refractivity contribution is 0.0995. The van der Waals surface area contributed by atoms with Gasteiger partial charge in [0.15, 0.2) is 0 Å². The molecule has 0 spiro atoms. The summed E-state index contributed by atoms with van der Waals surface area (Å²) in [4.78, 5) is 34.2. The lowest BCUT2D eigenvalue weighted by Gasteiger charge is -2.34. The molecule has 7 nitrogen and oxygen atoms in total. The number of pyridine rings is 1. The number of hydrogen-bond donors (Lipinski definition) is 3. The molecule has 3 rings (SSSR count). The van der Waals surface area contributed by atoms with Crippen LogP contribution in [0.5, 0.6) is 0 Å². The minimum absolute atomic E-state index is 0.101. The Morgan fingerprint density at radius 2 is 1.81 bits per heavy atom. The molecular weight excluding hydrogens is 390 g/mol. The van der Waals surface area contributed by atoms with Gasteiger partial charge in [-0.2, -0.15) is 0 Å². The molecule has 0 saturated heterocycles. The molecule has 3 aromatic rings. The molecule has 0 unspecified atom stereocenters. The molecule has 0 fully saturated rings. The largest absolute Gasteiger partial charge is 0.364 e. The van der Waals surface area contributed by atoms with E-state index in [-0.39, 0.29) is 16.7 Å². The van der Waals surface area contributed by atoms with Crippen molar-refractivity contribution < 1.29 is 4.79 Å². The van der Waals surface area contributed by atoms with Crippen LogP contribution in [0, 0.1) is 5.41 Å².